The number of amides is 1. The van der Waals surface area contributed by atoms with Gasteiger partial charge < -0.3 is 20.1 Å². The van der Waals surface area contributed by atoms with Gasteiger partial charge in [0, 0.05) is 49.8 Å². The highest BCUT2D eigenvalue weighted by Gasteiger charge is 2.30. The number of hydrogen-bond donors (Lipinski definition) is 2. The van der Waals surface area contributed by atoms with Gasteiger partial charge in [-0.05, 0) is 50.7 Å². The van der Waals surface area contributed by atoms with Gasteiger partial charge in [0.25, 0.3) is 0 Å². The largest absolute Gasteiger partial charge is 0.492 e. The number of nitrogens with zero attached hydrogens (tertiary/aromatic N) is 5. The summed E-state index contributed by atoms with van der Waals surface area (Å²) in [5.41, 5.74) is 0.893. The Balaban J connectivity index is 1.24. The average molecular weight is 479 g/mol. The molecule has 1 unspecified atom stereocenters. The molecule has 9 nitrogen and oxygen atoms in total. The molecule has 1 aliphatic heterocycles. The summed E-state index contributed by atoms with van der Waals surface area (Å²) >= 11 is 0. The summed E-state index contributed by atoms with van der Waals surface area (Å²) in [6, 6.07) is 7.93. The molecule has 5 rings (SSSR count). The summed E-state index contributed by atoms with van der Waals surface area (Å²) in [6.45, 7) is 4.32. The van der Waals surface area contributed by atoms with Gasteiger partial charge in [0.1, 0.15) is 5.75 Å². The lowest BCUT2D eigenvalue weighted by Crippen LogP contribution is -2.37. The number of rotatable bonds is 8. The third kappa shape index (κ3) is 5.24. The van der Waals surface area contributed by atoms with Crippen LogP contribution in [-0.4, -0.2) is 68.0 Å². The number of hydrogen-bond acceptors (Lipinski definition) is 7. The van der Waals surface area contributed by atoms with Crippen LogP contribution in [0.1, 0.15) is 45.4 Å². The molecule has 0 spiro atoms. The maximum absolute atomic E-state index is 12.7. The van der Waals surface area contributed by atoms with Crippen LogP contribution in [0.4, 0.5) is 5.95 Å². The Morgan fingerprint density at radius 3 is 2.77 bits per heavy atom. The highest BCUT2D eigenvalue weighted by atomic mass is 16.5. The van der Waals surface area contributed by atoms with E-state index in [2.05, 4.69) is 15.4 Å². The first-order valence-electron chi connectivity index (χ1n) is 12.7. The van der Waals surface area contributed by atoms with E-state index in [0.29, 0.717) is 24.3 Å². The zero-order valence-corrected chi connectivity index (χ0v) is 20.3. The SMILES string of the molecule is CC(CO)COc1cccc2c1cnn2-c1ccnc(NC2CCC(C(=O)N3CCCC3)CC2)n1. The van der Waals surface area contributed by atoms with E-state index in [1.165, 1.54) is 0 Å². The molecule has 35 heavy (non-hydrogen) atoms. The van der Waals surface area contributed by atoms with Gasteiger partial charge in [-0.3, -0.25) is 4.79 Å². The summed E-state index contributed by atoms with van der Waals surface area (Å²) in [6.07, 6.45) is 9.50. The molecule has 2 N–H and O–H groups in total. The van der Waals surface area contributed by atoms with Crippen LogP contribution < -0.4 is 10.1 Å². The van der Waals surface area contributed by atoms with Gasteiger partial charge >= 0.3 is 0 Å². The third-order valence-corrected chi connectivity index (χ3v) is 7.09. The van der Waals surface area contributed by atoms with Crippen LogP contribution in [0.15, 0.2) is 36.7 Å². The molecule has 1 aliphatic carbocycles. The lowest BCUT2D eigenvalue weighted by molar-refractivity contribution is -0.135. The summed E-state index contributed by atoms with van der Waals surface area (Å²) in [7, 11) is 0. The quantitative estimate of drug-likeness (QED) is 0.511. The van der Waals surface area contributed by atoms with Crippen LogP contribution in [0.3, 0.4) is 0 Å². The monoisotopic (exact) mass is 478 g/mol. The Bertz CT molecular complexity index is 1150. The first-order valence-corrected chi connectivity index (χ1v) is 12.7. The van der Waals surface area contributed by atoms with Crippen LogP contribution in [0, 0.1) is 11.8 Å². The maximum atomic E-state index is 12.7. The molecule has 0 radical (unpaired) electrons. The molecular weight excluding hydrogens is 444 g/mol. The number of nitrogens with one attached hydrogen (secondary N) is 1. The minimum Gasteiger partial charge on any atom is -0.492 e. The molecule has 1 amide bonds. The van der Waals surface area contributed by atoms with Crippen LogP contribution in [0.5, 0.6) is 5.75 Å². The summed E-state index contributed by atoms with van der Waals surface area (Å²) < 4.78 is 7.71. The number of aliphatic hydroxyl groups is 1. The maximum Gasteiger partial charge on any atom is 0.225 e. The van der Waals surface area contributed by atoms with Crippen molar-refractivity contribution in [3.05, 3.63) is 36.7 Å². The lowest BCUT2D eigenvalue weighted by atomic mass is 9.85. The number of ether oxygens (including phenoxy) is 1. The molecule has 2 aliphatic rings. The Morgan fingerprint density at radius 1 is 1.20 bits per heavy atom. The number of fused-ring (bicyclic) bond motifs is 1. The number of aromatic nitrogens is 4. The van der Waals surface area contributed by atoms with E-state index in [9.17, 15) is 9.90 Å². The van der Waals surface area contributed by atoms with Crippen molar-refractivity contribution in [3.63, 3.8) is 0 Å². The van der Waals surface area contributed by atoms with E-state index < -0.39 is 0 Å². The third-order valence-electron chi connectivity index (χ3n) is 7.09. The number of carbonyl (C=O) groups is 1. The van der Waals surface area contributed by atoms with Crippen molar-refractivity contribution in [1.82, 2.24) is 24.6 Å². The van der Waals surface area contributed by atoms with Gasteiger partial charge in [0.2, 0.25) is 11.9 Å². The average Bonchev–Trinajstić information content (AvgIpc) is 3.58. The van der Waals surface area contributed by atoms with Crippen molar-refractivity contribution in [3.8, 4) is 11.6 Å². The minimum atomic E-state index is 0.0594. The van der Waals surface area contributed by atoms with Gasteiger partial charge in [-0.1, -0.05) is 13.0 Å². The van der Waals surface area contributed by atoms with E-state index in [1.807, 2.05) is 36.1 Å². The molecule has 3 heterocycles. The van der Waals surface area contributed by atoms with Crippen molar-refractivity contribution < 1.29 is 14.6 Å². The predicted octanol–water partition coefficient (Wildman–Crippen LogP) is 3.42. The zero-order valence-electron chi connectivity index (χ0n) is 20.3. The lowest BCUT2D eigenvalue weighted by Gasteiger charge is -2.30. The second kappa shape index (κ2) is 10.6. The van der Waals surface area contributed by atoms with E-state index in [4.69, 9.17) is 9.72 Å². The normalized spacial score (nSPS) is 21.3. The van der Waals surface area contributed by atoms with Crippen molar-refractivity contribution in [2.24, 2.45) is 11.8 Å². The van der Waals surface area contributed by atoms with Crippen LogP contribution in [0.2, 0.25) is 0 Å². The fourth-order valence-electron chi connectivity index (χ4n) is 5.02. The highest BCUT2D eigenvalue weighted by molar-refractivity contribution is 5.86. The number of likely N-dealkylation sites (tertiary alicyclic amines) is 1. The first kappa shape index (κ1) is 23.5. The topological polar surface area (TPSA) is 105 Å². The Kier molecular flexibility index (Phi) is 7.13. The fourth-order valence-corrected chi connectivity index (χ4v) is 5.02. The van der Waals surface area contributed by atoms with Gasteiger partial charge in [-0.2, -0.15) is 10.1 Å². The molecule has 1 atom stereocenters. The second-order valence-electron chi connectivity index (χ2n) is 9.81. The summed E-state index contributed by atoms with van der Waals surface area (Å²) in [5.74, 6) is 2.55. The molecule has 1 saturated heterocycles. The Hall–Kier alpha value is -3.20. The van der Waals surface area contributed by atoms with Crippen molar-refractivity contribution in [1.29, 1.82) is 0 Å². The van der Waals surface area contributed by atoms with Crippen molar-refractivity contribution in [2.75, 3.05) is 31.6 Å². The van der Waals surface area contributed by atoms with Crippen LogP contribution in [-0.2, 0) is 4.79 Å². The predicted molar refractivity (Wildman–Crippen MR) is 134 cm³/mol. The number of aliphatic hydroxyl groups excluding tert-OH is 1. The summed E-state index contributed by atoms with van der Waals surface area (Å²) in [5, 5.41) is 18.2. The summed E-state index contributed by atoms with van der Waals surface area (Å²) in [4.78, 5) is 23.9. The molecular formula is C26H34N6O3. The molecule has 1 aromatic carbocycles. The standard InChI is InChI=1S/C26H34N6O3/c1-18(16-33)17-35-23-6-4-5-22-21(23)15-28-32(22)24-11-12-27-26(30-24)29-20-9-7-19(8-10-20)25(34)31-13-2-3-14-31/h4-6,11-12,15,18-20,33H,2-3,7-10,13-14,16-17H2,1H3,(H,27,29,30). The van der Waals surface area contributed by atoms with Gasteiger partial charge in [-0.15, -0.1) is 0 Å². The number of anilines is 1. The molecule has 3 aromatic rings. The molecule has 0 bridgehead atoms. The van der Waals surface area contributed by atoms with Crippen molar-refractivity contribution >= 4 is 22.8 Å². The molecule has 2 fully saturated rings. The van der Waals surface area contributed by atoms with Gasteiger partial charge in [0.15, 0.2) is 5.82 Å². The first-order chi connectivity index (χ1) is 17.1. The minimum absolute atomic E-state index is 0.0594. The van der Waals surface area contributed by atoms with Gasteiger partial charge in [-0.25, -0.2) is 9.67 Å². The van der Waals surface area contributed by atoms with E-state index in [1.54, 1.807) is 17.1 Å². The van der Waals surface area contributed by atoms with E-state index in [0.717, 1.165) is 68.3 Å². The number of carbonyl (C=O) groups excluding carboxylic acids is 1. The second-order valence-corrected chi connectivity index (χ2v) is 9.81. The molecule has 186 valence electrons. The van der Waals surface area contributed by atoms with Crippen LogP contribution in [0.25, 0.3) is 16.7 Å². The fraction of sp³-hybridized carbons (Fsp3) is 0.538. The smallest absolute Gasteiger partial charge is 0.225 e. The highest BCUT2D eigenvalue weighted by Crippen LogP contribution is 2.30. The number of benzene rings is 1. The van der Waals surface area contributed by atoms with Crippen LogP contribution >= 0.6 is 0 Å². The molecule has 1 saturated carbocycles. The van der Waals surface area contributed by atoms with E-state index in [-0.39, 0.29) is 24.5 Å². The Morgan fingerprint density at radius 2 is 2.00 bits per heavy atom. The molecule has 2 aromatic heterocycles. The van der Waals surface area contributed by atoms with Gasteiger partial charge in [0.05, 0.1) is 23.7 Å². The van der Waals surface area contributed by atoms with Crippen molar-refractivity contribution in [2.45, 2.75) is 51.5 Å². The van der Waals surface area contributed by atoms with E-state index >= 15 is 0 Å². The zero-order chi connectivity index (χ0) is 24.2. The molecule has 9 heteroatoms. The Labute approximate surface area is 205 Å².